The number of carbonyl (C=O) groups excluding carboxylic acids is 1. The van der Waals surface area contributed by atoms with E-state index in [9.17, 15) is 4.79 Å². The van der Waals surface area contributed by atoms with Gasteiger partial charge in [-0.25, -0.2) is 0 Å². The van der Waals surface area contributed by atoms with Crippen LogP contribution in [-0.2, 0) is 16.6 Å². The van der Waals surface area contributed by atoms with Gasteiger partial charge >= 0.3 is 0 Å². The van der Waals surface area contributed by atoms with E-state index in [1.807, 2.05) is 0 Å². The van der Waals surface area contributed by atoms with Gasteiger partial charge in [0.2, 0.25) is 0 Å². The summed E-state index contributed by atoms with van der Waals surface area (Å²) >= 11 is 0. The predicted molar refractivity (Wildman–Crippen MR) is 98.5 cm³/mol. The van der Waals surface area contributed by atoms with Gasteiger partial charge in [0.25, 0.3) is 0 Å². The lowest BCUT2D eigenvalue weighted by atomic mass is 9.62. The Hall–Kier alpha value is -1.89. The molecule has 0 N–H and O–H groups in total. The van der Waals surface area contributed by atoms with Crippen molar-refractivity contribution < 1.29 is 4.79 Å². The summed E-state index contributed by atoms with van der Waals surface area (Å²) in [4.78, 5) is 12.6. The highest BCUT2D eigenvalue weighted by molar-refractivity contribution is 5.92. The molecule has 0 amide bonds. The predicted octanol–water partition coefficient (Wildman–Crippen LogP) is 5.46. The molecular formula is C23H24O. The van der Waals surface area contributed by atoms with Crippen LogP contribution in [0.15, 0.2) is 42.0 Å². The smallest absolute Gasteiger partial charge is 0.138 e. The van der Waals surface area contributed by atoms with Gasteiger partial charge in [0.05, 0.1) is 0 Å². The van der Waals surface area contributed by atoms with Crippen molar-refractivity contribution in [2.24, 2.45) is 5.92 Å². The van der Waals surface area contributed by atoms with Crippen LogP contribution in [0.4, 0.5) is 0 Å². The van der Waals surface area contributed by atoms with Gasteiger partial charge in [-0.2, -0.15) is 0 Å². The van der Waals surface area contributed by atoms with Gasteiger partial charge in [-0.15, -0.1) is 0 Å². The Labute approximate surface area is 143 Å². The number of benzene rings is 2. The van der Waals surface area contributed by atoms with E-state index in [2.05, 4.69) is 50.3 Å². The molecule has 24 heavy (non-hydrogen) atoms. The lowest BCUT2D eigenvalue weighted by Crippen LogP contribution is -2.39. The lowest BCUT2D eigenvalue weighted by molar-refractivity contribution is -0.120. The molecule has 2 bridgehead atoms. The highest BCUT2D eigenvalue weighted by Crippen LogP contribution is 2.58. The third-order valence-electron chi connectivity index (χ3n) is 6.72. The summed E-state index contributed by atoms with van der Waals surface area (Å²) in [5.41, 5.74) is 5.93. The van der Waals surface area contributed by atoms with E-state index in [0.29, 0.717) is 24.0 Å². The second kappa shape index (κ2) is 4.81. The summed E-state index contributed by atoms with van der Waals surface area (Å²) in [5, 5.41) is 2.70. The third kappa shape index (κ3) is 1.84. The molecule has 2 aromatic carbocycles. The number of carbonyl (C=O) groups is 1. The maximum atomic E-state index is 12.6. The quantitative estimate of drug-likeness (QED) is 0.639. The minimum atomic E-state index is 0.104. The normalized spacial score (nSPS) is 28.0. The molecule has 1 heteroatoms. The van der Waals surface area contributed by atoms with Crippen molar-refractivity contribution in [1.29, 1.82) is 0 Å². The number of fused-ring (bicyclic) bond motifs is 6. The van der Waals surface area contributed by atoms with E-state index in [1.165, 1.54) is 40.3 Å². The minimum Gasteiger partial charge on any atom is -0.299 e. The fraction of sp³-hybridized carbons (Fsp3) is 0.435. The van der Waals surface area contributed by atoms with Gasteiger partial charge in [-0.3, -0.25) is 4.79 Å². The highest BCUT2D eigenvalue weighted by Gasteiger charge is 2.51. The van der Waals surface area contributed by atoms with Crippen molar-refractivity contribution in [2.75, 3.05) is 0 Å². The van der Waals surface area contributed by atoms with Crippen LogP contribution in [0.25, 0.3) is 10.8 Å². The summed E-state index contributed by atoms with van der Waals surface area (Å²) in [5.74, 6) is 1.62. The SMILES string of the molecule is CC(C)c1cccc2cc3c(cc12)C1(CC(=O)C3)CC2=CCC1C2. The number of ketones is 1. The van der Waals surface area contributed by atoms with Crippen molar-refractivity contribution in [3.05, 3.63) is 58.7 Å². The molecule has 2 atom stereocenters. The maximum Gasteiger partial charge on any atom is 0.138 e. The first kappa shape index (κ1) is 14.5. The molecule has 1 spiro atoms. The maximum absolute atomic E-state index is 12.6. The van der Waals surface area contributed by atoms with Gasteiger partial charge in [0.1, 0.15) is 5.78 Å². The summed E-state index contributed by atoms with van der Waals surface area (Å²) in [6, 6.07) is 11.4. The van der Waals surface area contributed by atoms with Crippen LogP contribution in [0, 0.1) is 5.92 Å². The van der Waals surface area contributed by atoms with E-state index in [1.54, 1.807) is 5.57 Å². The zero-order valence-corrected chi connectivity index (χ0v) is 14.6. The molecule has 0 heterocycles. The zero-order valence-electron chi connectivity index (χ0n) is 14.6. The summed E-state index contributed by atoms with van der Waals surface area (Å²) in [7, 11) is 0. The van der Waals surface area contributed by atoms with E-state index in [-0.39, 0.29) is 5.41 Å². The van der Waals surface area contributed by atoms with Gasteiger partial charge in [-0.05, 0) is 64.6 Å². The molecule has 0 aromatic heterocycles. The van der Waals surface area contributed by atoms with Crippen molar-refractivity contribution in [3.8, 4) is 0 Å². The summed E-state index contributed by atoms with van der Waals surface area (Å²) in [6.07, 6.45) is 7.32. The molecule has 1 saturated carbocycles. The summed E-state index contributed by atoms with van der Waals surface area (Å²) in [6.45, 7) is 4.55. The second-order valence-electron chi connectivity index (χ2n) is 8.46. The first-order valence-corrected chi connectivity index (χ1v) is 9.32. The minimum absolute atomic E-state index is 0.104. The molecule has 3 aliphatic rings. The van der Waals surface area contributed by atoms with Crippen LogP contribution in [0.5, 0.6) is 0 Å². The Morgan fingerprint density at radius 2 is 2.04 bits per heavy atom. The molecule has 0 aliphatic heterocycles. The summed E-state index contributed by atoms with van der Waals surface area (Å²) < 4.78 is 0. The molecule has 5 rings (SSSR count). The van der Waals surface area contributed by atoms with Gasteiger partial charge < -0.3 is 0 Å². The van der Waals surface area contributed by atoms with Crippen molar-refractivity contribution in [1.82, 2.24) is 0 Å². The van der Waals surface area contributed by atoms with E-state index in [4.69, 9.17) is 0 Å². The van der Waals surface area contributed by atoms with E-state index < -0.39 is 0 Å². The second-order valence-corrected chi connectivity index (χ2v) is 8.46. The molecular weight excluding hydrogens is 292 g/mol. The van der Waals surface area contributed by atoms with Gasteiger partial charge in [-0.1, -0.05) is 49.8 Å². The highest BCUT2D eigenvalue weighted by atomic mass is 16.1. The van der Waals surface area contributed by atoms with Crippen LogP contribution in [0.1, 0.15) is 62.1 Å². The Balaban J connectivity index is 1.79. The molecule has 1 fully saturated rings. The first-order chi connectivity index (χ1) is 11.6. The number of rotatable bonds is 1. The lowest BCUT2D eigenvalue weighted by Gasteiger charge is -2.41. The standard InChI is InChI=1S/C23H24O/c1-14(2)20-5-3-4-16-9-17-10-19(24)13-23(22(17)11-21(16)20)12-15-6-7-18(23)8-15/h3-6,9,11,14,18H,7-8,10,12-13H2,1-2H3. The van der Waals surface area contributed by atoms with Crippen molar-refractivity contribution >= 4 is 16.6 Å². The third-order valence-corrected chi connectivity index (χ3v) is 6.72. The average molecular weight is 316 g/mol. The van der Waals surface area contributed by atoms with Crippen LogP contribution < -0.4 is 0 Å². The molecule has 0 saturated heterocycles. The van der Waals surface area contributed by atoms with E-state index >= 15 is 0 Å². The topological polar surface area (TPSA) is 17.1 Å². The van der Waals surface area contributed by atoms with Crippen LogP contribution in [-0.4, -0.2) is 5.78 Å². The van der Waals surface area contributed by atoms with Crippen molar-refractivity contribution in [2.45, 2.75) is 57.3 Å². The van der Waals surface area contributed by atoms with Crippen LogP contribution in [0.3, 0.4) is 0 Å². The Morgan fingerprint density at radius 1 is 1.17 bits per heavy atom. The van der Waals surface area contributed by atoms with Crippen LogP contribution >= 0.6 is 0 Å². The average Bonchev–Trinajstić information content (AvgIpc) is 3.13. The number of hydrogen-bond acceptors (Lipinski definition) is 1. The number of allylic oxidation sites excluding steroid dienone is 2. The van der Waals surface area contributed by atoms with E-state index in [0.717, 1.165) is 12.8 Å². The monoisotopic (exact) mass is 316 g/mol. The molecule has 2 unspecified atom stereocenters. The van der Waals surface area contributed by atoms with Crippen molar-refractivity contribution in [3.63, 3.8) is 0 Å². The zero-order chi connectivity index (χ0) is 16.5. The molecule has 1 nitrogen and oxygen atoms in total. The van der Waals surface area contributed by atoms with Gasteiger partial charge in [0, 0.05) is 18.3 Å². The largest absolute Gasteiger partial charge is 0.299 e. The molecule has 2 aromatic rings. The molecule has 122 valence electrons. The number of Topliss-reactive ketones (excluding diaryl/α,β-unsaturated/α-hetero) is 1. The molecule has 3 aliphatic carbocycles. The van der Waals surface area contributed by atoms with Crippen LogP contribution in [0.2, 0.25) is 0 Å². The Kier molecular flexibility index (Phi) is 2.90. The van der Waals surface area contributed by atoms with Gasteiger partial charge in [0.15, 0.2) is 0 Å². The molecule has 0 radical (unpaired) electrons. The number of hydrogen-bond donors (Lipinski definition) is 0. The fourth-order valence-corrected chi connectivity index (χ4v) is 5.66. The Bertz CT molecular complexity index is 902. The Morgan fingerprint density at radius 3 is 2.75 bits per heavy atom. The first-order valence-electron chi connectivity index (χ1n) is 9.32. The fourth-order valence-electron chi connectivity index (χ4n) is 5.66.